The van der Waals surface area contributed by atoms with Crippen LogP contribution in [0.15, 0.2) is 36.4 Å². The van der Waals surface area contributed by atoms with E-state index >= 15 is 0 Å². The first-order valence-corrected chi connectivity index (χ1v) is 15.1. The summed E-state index contributed by atoms with van der Waals surface area (Å²) in [5.74, 6) is -2.86. The minimum absolute atomic E-state index is 0.198. The number of piperidine rings is 2. The average molecular weight is 563 g/mol. The van der Waals surface area contributed by atoms with E-state index in [4.69, 9.17) is 5.11 Å². The van der Waals surface area contributed by atoms with Crippen LogP contribution in [-0.4, -0.2) is 63.9 Å². The molecule has 0 bridgehead atoms. The average Bonchev–Trinajstić information content (AvgIpc) is 3.53. The van der Waals surface area contributed by atoms with Gasteiger partial charge in [0.1, 0.15) is 0 Å². The molecule has 3 fully saturated rings. The number of carbonyl (C=O) groups is 1. The molecule has 5 rings (SSSR count). The van der Waals surface area contributed by atoms with E-state index in [1.807, 2.05) is 30.0 Å². The molecule has 2 aliphatic heterocycles. The fourth-order valence-corrected chi connectivity index (χ4v) is 6.60. The number of amides is 1. The molecule has 1 amide bonds. The lowest BCUT2D eigenvalue weighted by molar-refractivity contribution is -0.0220. The summed E-state index contributed by atoms with van der Waals surface area (Å²) in [5, 5.41) is 12.1. The first-order valence-electron chi connectivity index (χ1n) is 13.4. The predicted octanol–water partition coefficient (Wildman–Crippen LogP) is 4.45. The Bertz CT molecular complexity index is 1360. The highest BCUT2D eigenvalue weighted by Gasteiger charge is 2.52. The molecule has 2 atom stereocenters. The van der Waals surface area contributed by atoms with Crippen molar-refractivity contribution in [2.45, 2.75) is 45.5 Å². The van der Waals surface area contributed by atoms with E-state index in [1.54, 1.807) is 18.2 Å². The molecule has 3 N–H and O–H groups in total. The summed E-state index contributed by atoms with van der Waals surface area (Å²) < 4.78 is 54.4. The van der Waals surface area contributed by atoms with Crippen LogP contribution in [0, 0.1) is 18.3 Å². The fourth-order valence-electron chi connectivity index (χ4n) is 5.77. The van der Waals surface area contributed by atoms with E-state index in [9.17, 15) is 22.0 Å². The van der Waals surface area contributed by atoms with Crippen LogP contribution < -0.4 is 19.8 Å². The first kappa shape index (κ1) is 27.6. The third-order valence-electron chi connectivity index (χ3n) is 8.33. The van der Waals surface area contributed by atoms with Crippen LogP contribution in [0.25, 0.3) is 0 Å². The lowest BCUT2D eigenvalue weighted by Crippen LogP contribution is -2.39. The molecule has 0 radical (unpaired) electrons. The minimum atomic E-state index is -3.72. The van der Waals surface area contributed by atoms with Gasteiger partial charge in [-0.05, 0) is 73.1 Å². The van der Waals surface area contributed by atoms with E-state index in [2.05, 4.69) is 21.9 Å². The number of nitrogens with one attached hydrogen (secondary N) is 2. The van der Waals surface area contributed by atoms with Gasteiger partial charge in [-0.25, -0.2) is 17.2 Å². The number of carbonyl (C=O) groups excluding carboxylic acids is 1. The third-order valence-corrected chi connectivity index (χ3v) is 9.60. The second-order valence-corrected chi connectivity index (χ2v) is 13.3. The number of rotatable bonds is 8. The molecule has 39 heavy (non-hydrogen) atoms. The number of aryl methyl sites for hydroxylation is 1. The summed E-state index contributed by atoms with van der Waals surface area (Å²) in [6.07, 6.45) is 1.74. The SMILES string of the molecule is Cc1cc(NC(=O)c2ccc(NS(=O)(=O)CCO)cc2N2CCC3(C)CC3C2)cc(N2CCC(F)(F)CC2)c1. The molecule has 3 aliphatic rings. The zero-order valence-corrected chi connectivity index (χ0v) is 23.2. The van der Waals surface area contributed by atoms with E-state index in [1.165, 1.54) is 0 Å². The lowest BCUT2D eigenvalue weighted by Gasteiger charge is -2.34. The summed E-state index contributed by atoms with van der Waals surface area (Å²) >= 11 is 0. The van der Waals surface area contributed by atoms with Crippen LogP contribution in [0.4, 0.5) is 31.5 Å². The molecule has 1 saturated carbocycles. The van der Waals surface area contributed by atoms with E-state index in [0.717, 1.165) is 37.2 Å². The molecular weight excluding hydrogens is 526 g/mol. The van der Waals surface area contributed by atoms with Gasteiger partial charge in [-0.15, -0.1) is 0 Å². The molecule has 2 aromatic carbocycles. The van der Waals surface area contributed by atoms with Crippen molar-refractivity contribution in [3.63, 3.8) is 0 Å². The van der Waals surface area contributed by atoms with Gasteiger partial charge in [0.25, 0.3) is 11.8 Å². The van der Waals surface area contributed by atoms with Gasteiger partial charge in [-0.2, -0.15) is 0 Å². The van der Waals surface area contributed by atoms with Crippen LogP contribution >= 0.6 is 0 Å². The molecule has 2 saturated heterocycles. The quantitative estimate of drug-likeness (QED) is 0.440. The van der Waals surface area contributed by atoms with Gasteiger partial charge in [-0.3, -0.25) is 9.52 Å². The molecule has 8 nitrogen and oxygen atoms in total. The second-order valence-electron chi connectivity index (χ2n) is 11.5. The number of hydrogen-bond acceptors (Lipinski definition) is 6. The number of alkyl halides is 2. The van der Waals surface area contributed by atoms with Crippen molar-refractivity contribution < 1.29 is 27.1 Å². The molecule has 11 heteroatoms. The topological polar surface area (TPSA) is 102 Å². The maximum absolute atomic E-state index is 13.7. The monoisotopic (exact) mass is 562 g/mol. The number of nitrogens with zero attached hydrogens (tertiary/aromatic N) is 2. The molecule has 1 aliphatic carbocycles. The van der Waals surface area contributed by atoms with E-state index < -0.39 is 28.3 Å². The van der Waals surface area contributed by atoms with Gasteiger partial charge in [0.2, 0.25) is 10.0 Å². The second kappa shape index (κ2) is 10.2. The predicted molar refractivity (Wildman–Crippen MR) is 150 cm³/mol. The van der Waals surface area contributed by atoms with Crippen LogP contribution in [-0.2, 0) is 10.0 Å². The number of aliphatic hydroxyl groups is 1. The Kier molecular flexibility index (Phi) is 7.26. The third kappa shape index (κ3) is 6.30. The smallest absolute Gasteiger partial charge is 0.257 e. The maximum atomic E-state index is 13.7. The summed E-state index contributed by atoms with van der Waals surface area (Å²) in [6, 6.07) is 10.4. The van der Waals surface area contributed by atoms with Gasteiger partial charge in [-0.1, -0.05) is 6.92 Å². The zero-order valence-electron chi connectivity index (χ0n) is 22.3. The normalized spacial score (nSPS) is 24.2. The number of aliphatic hydroxyl groups excluding tert-OH is 1. The van der Waals surface area contributed by atoms with Gasteiger partial charge < -0.3 is 20.2 Å². The summed E-state index contributed by atoms with van der Waals surface area (Å²) in [5.41, 5.74) is 4.01. The highest BCUT2D eigenvalue weighted by Crippen LogP contribution is 2.58. The number of benzene rings is 2. The van der Waals surface area contributed by atoms with Crippen LogP contribution in [0.1, 0.15) is 48.5 Å². The number of anilines is 4. The maximum Gasteiger partial charge on any atom is 0.257 e. The Hall–Kier alpha value is -2.92. The minimum Gasteiger partial charge on any atom is -0.395 e. The Morgan fingerprint density at radius 1 is 1.05 bits per heavy atom. The summed E-state index contributed by atoms with van der Waals surface area (Å²) in [4.78, 5) is 17.7. The Morgan fingerprint density at radius 2 is 1.77 bits per heavy atom. The number of fused-ring (bicyclic) bond motifs is 1. The van der Waals surface area contributed by atoms with Crippen LogP contribution in [0.2, 0.25) is 0 Å². The molecule has 0 spiro atoms. The molecule has 212 valence electrons. The summed E-state index contributed by atoms with van der Waals surface area (Å²) in [6.45, 7) is 5.73. The fraction of sp³-hybridized carbons (Fsp3) is 0.536. The number of halogens is 2. The Labute approximate surface area is 228 Å². The van der Waals surface area contributed by atoms with Crippen molar-refractivity contribution in [3.8, 4) is 0 Å². The van der Waals surface area contributed by atoms with Crippen LogP contribution in [0.5, 0.6) is 0 Å². The molecular formula is C28H36F2N4O4S. The van der Waals surface area contributed by atoms with Crippen molar-refractivity contribution in [2.75, 3.05) is 58.4 Å². The first-order chi connectivity index (χ1) is 18.4. The largest absolute Gasteiger partial charge is 0.395 e. The van der Waals surface area contributed by atoms with Crippen molar-refractivity contribution in [2.24, 2.45) is 11.3 Å². The highest BCUT2D eigenvalue weighted by atomic mass is 32.2. The van der Waals surface area contributed by atoms with E-state index in [-0.39, 0.29) is 31.8 Å². The van der Waals surface area contributed by atoms with Gasteiger partial charge in [0.15, 0.2) is 0 Å². The molecule has 2 unspecified atom stereocenters. The zero-order chi connectivity index (χ0) is 28.0. The lowest BCUT2D eigenvalue weighted by atomic mass is 9.96. The standard InChI is InChI=1S/C28H36F2N4O4S/c1-19-13-22(15-23(14-19)33-9-6-28(29,30)7-10-33)31-26(36)24-4-3-21(32-39(37,38)12-11-35)16-25(24)34-8-5-27(2)17-20(27)18-34/h3-4,13-16,20,32,35H,5-12,17-18H2,1-2H3,(H,31,36). The Balaban J connectivity index is 1.40. The number of sulfonamides is 1. The molecule has 0 aromatic heterocycles. The van der Waals surface area contributed by atoms with Gasteiger partial charge in [0, 0.05) is 50.4 Å². The van der Waals surface area contributed by atoms with Crippen molar-refractivity contribution >= 4 is 38.7 Å². The van der Waals surface area contributed by atoms with Crippen molar-refractivity contribution in [3.05, 3.63) is 47.5 Å². The van der Waals surface area contributed by atoms with Crippen molar-refractivity contribution in [1.29, 1.82) is 0 Å². The number of hydrogen-bond donors (Lipinski definition) is 3. The highest BCUT2D eigenvalue weighted by molar-refractivity contribution is 7.92. The van der Waals surface area contributed by atoms with Crippen LogP contribution in [0.3, 0.4) is 0 Å². The molecule has 2 heterocycles. The van der Waals surface area contributed by atoms with E-state index in [0.29, 0.717) is 34.0 Å². The summed E-state index contributed by atoms with van der Waals surface area (Å²) in [7, 11) is -3.72. The van der Waals surface area contributed by atoms with Crippen molar-refractivity contribution in [1.82, 2.24) is 0 Å². The van der Waals surface area contributed by atoms with Gasteiger partial charge in [0.05, 0.1) is 29.3 Å². The van der Waals surface area contributed by atoms with Gasteiger partial charge >= 0.3 is 0 Å². The Morgan fingerprint density at radius 3 is 2.46 bits per heavy atom. The molecule has 2 aromatic rings.